The molecule has 0 heterocycles. The van der Waals surface area contributed by atoms with E-state index in [9.17, 15) is 23.3 Å². The summed E-state index contributed by atoms with van der Waals surface area (Å²) in [4.78, 5) is 9.98. The van der Waals surface area contributed by atoms with Crippen molar-refractivity contribution in [1.29, 1.82) is 0 Å². The van der Waals surface area contributed by atoms with Crippen molar-refractivity contribution in [2.45, 2.75) is 6.61 Å². The lowest BCUT2D eigenvalue weighted by Crippen LogP contribution is -2.02. The molecule has 0 amide bonds. The maximum Gasteiger partial charge on any atom is 0.311 e. The zero-order valence-electron chi connectivity index (χ0n) is 9.98. The van der Waals surface area contributed by atoms with Gasteiger partial charge in [0.15, 0.2) is 5.75 Å². The standard InChI is InChI=1S/C13H8F3NO3/c14-9-1-3-11(16)8(5-9)7-20-13-6-10(15)2-4-12(13)17(18)19/h1-6H,7H2. The van der Waals surface area contributed by atoms with Gasteiger partial charge in [-0.1, -0.05) is 0 Å². The second-order valence-electron chi connectivity index (χ2n) is 3.89. The van der Waals surface area contributed by atoms with Gasteiger partial charge in [-0.25, -0.2) is 13.2 Å². The fourth-order valence-electron chi connectivity index (χ4n) is 1.56. The summed E-state index contributed by atoms with van der Waals surface area (Å²) in [6, 6.07) is 5.41. The Morgan fingerprint density at radius 2 is 1.70 bits per heavy atom. The first-order valence-corrected chi connectivity index (χ1v) is 5.48. The van der Waals surface area contributed by atoms with Crippen LogP contribution in [0.4, 0.5) is 18.9 Å². The van der Waals surface area contributed by atoms with Crippen molar-refractivity contribution in [2.24, 2.45) is 0 Å². The molecular formula is C13H8F3NO3. The number of nitrogens with zero attached hydrogens (tertiary/aromatic N) is 1. The van der Waals surface area contributed by atoms with Crippen LogP contribution in [-0.2, 0) is 6.61 Å². The van der Waals surface area contributed by atoms with Crippen molar-refractivity contribution >= 4 is 5.69 Å². The molecule has 0 aliphatic heterocycles. The average molecular weight is 283 g/mol. The molecule has 0 saturated heterocycles. The molecule has 2 rings (SSSR count). The van der Waals surface area contributed by atoms with E-state index in [4.69, 9.17) is 4.74 Å². The summed E-state index contributed by atoms with van der Waals surface area (Å²) >= 11 is 0. The lowest BCUT2D eigenvalue weighted by atomic mass is 10.2. The molecule has 7 heteroatoms. The van der Waals surface area contributed by atoms with Crippen molar-refractivity contribution < 1.29 is 22.8 Å². The second-order valence-corrected chi connectivity index (χ2v) is 3.89. The molecule has 20 heavy (non-hydrogen) atoms. The minimum absolute atomic E-state index is 0.122. The Bertz CT molecular complexity index is 661. The summed E-state index contributed by atoms with van der Waals surface area (Å²) in [6.45, 7) is -0.451. The molecule has 104 valence electrons. The number of hydrogen-bond donors (Lipinski definition) is 0. The van der Waals surface area contributed by atoms with E-state index in [1.165, 1.54) is 0 Å². The van der Waals surface area contributed by atoms with Crippen LogP contribution < -0.4 is 4.74 Å². The quantitative estimate of drug-likeness (QED) is 0.636. The van der Waals surface area contributed by atoms with E-state index in [0.717, 1.165) is 36.4 Å². The lowest BCUT2D eigenvalue weighted by molar-refractivity contribution is -0.386. The van der Waals surface area contributed by atoms with E-state index in [1.54, 1.807) is 0 Å². The highest BCUT2D eigenvalue weighted by Gasteiger charge is 2.16. The van der Waals surface area contributed by atoms with Crippen molar-refractivity contribution in [1.82, 2.24) is 0 Å². The van der Waals surface area contributed by atoms with Crippen LogP contribution in [0.5, 0.6) is 5.75 Å². The normalized spacial score (nSPS) is 10.3. The highest BCUT2D eigenvalue weighted by molar-refractivity contribution is 5.46. The van der Waals surface area contributed by atoms with E-state index in [1.807, 2.05) is 0 Å². The first-order valence-electron chi connectivity index (χ1n) is 5.48. The zero-order chi connectivity index (χ0) is 14.7. The fourth-order valence-corrected chi connectivity index (χ4v) is 1.56. The minimum atomic E-state index is -0.753. The topological polar surface area (TPSA) is 52.4 Å². The third-order valence-corrected chi connectivity index (χ3v) is 2.51. The average Bonchev–Trinajstić information content (AvgIpc) is 2.39. The molecule has 0 atom stereocenters. The molecule has 4 nitrogen and oxygen atoms in total. The summed E-state index contributed by atoms with van der Waals surface area (Å²) in [7, 11) is 0. The van der Waals surface area contributed by atoms with Gasteiger partial charge in [0, 0.05) is 17.7 Å². The van der Waals surface area contributed by atoms with Crippen molar-refractivity contribution in [3.8, 4) is 5.75 Å². The molecule has 0 bridgehead atoms. The number of nitro groups is 1. The predicted molar refractivity (Wildman–Crippen MR) is 63.7 cm³/mol. The number of nitro benzene ring substituents is 1. The van der Waals surface area contributed by atoms with Crippen LogP contribution in [0.3, 0.4) is 0 Å². The van der Waals surface area contributed by atoms with Crippen LogP contribution in [0.1, 0.15) is 5.56 Å². The van der Waals surface area contributed by atoms with Crippen LogP contribution in [0.15, 0.2) is 36.4 Å². The zero-order valence-corrected chi connectivity index (χ0v) is 9.98. The number of hydrogen-bond acceptors (Lipinski definition) is 3. The summed E-state index contributed by atoms with van der Waals surface area (Å²) in [6.07, 6.45) is 0. The Kier molecular flexibility index (Phi) is 3.88. The third kappa shape index (κ3) is 3.05. The molecule has 0 unspecified atom stereocenters. The maximum atomic E-state index is 13.4. The second kappa shape index (κ2) is 5.60. The highest BCUT2D eigenvalue weighted by Crippen LogP contribution is 2.28. The smallest absolute Gasteiger partial charge is 0.311 e. The predicted octanol–water partition coefficient (Wildman–Crippen LogP) is 3.59. The summed E-state index contributed by atoms with van der Waals surface area (Å²) in [5.74, 6) is -2.46. The molecular weight excluding hydrogens is 275 g/mol. The number of ether oxygens (including phenoxy) is 1. The number of benzene rings is 2. The first-order chi connectivity index (χ1) is 9.47. The number of rotatable bonds is 4. The summed E-state index contributed by atoms with van der Waals surface area (Å²) in [5, 5.41) is 10.7. The van der Waals surface area contributed by atoms with Crippen LogP contribution in [0.2, 0.25) is 0 Å². The Balaban J connectivity index is 2.24. The van der Waals surface area contributed by atoms with Crippen molar-refractivity contribution in [2.75, 3.05) is 0 Å². The van der Waals surface area contributed by atoms with Gasteiger partial charge in [0.05, 0.1) is 4.92 Å². The molecule has 2 aromatic rings. The van der Waals surface area contributed by atoms with E-state index >= 15 is 0 Å². The Labute approximate surface area is 111 Å². The largest absolute Gasteiger partial charge is 0.482 e. The van der Waals surface area contributed by atoms with Gasteiger partial charge in [0.2, 0.25) is 0 Å². The van der Waals surface area contributed by atoms with E-state index in [0.29, 0.717) is 0 Å². The molecule has 0 aliphatic carbocycles. The van der Waals surface area contributed by atoms with Gasteiger partial charge in [0.1, 0.15) is 24.1 Å². The van der Waals surface area contributed by atoms with Gasteiger partial charge in [0.25, 0.3) is 0 Å². The molecule has 2 aromatic carbocycles. The lowest BCUT2D eigenvalue weighted by Gasteiger charge is -2.08. The SMILES string of the molecule is O=[N+]([O-])c1ccc(F)cc1OCc1cc(F)ccc1F. The van der Waals surface area contributed by atoms with Crippen LogP contribution in [-0.4, -0.2) is 4.92 Å². The van der Waals surface area contributed by atoms with Gasteiger partial charge >= 0.3 is 5.69 Å². The Hall–Kier alpha value is -2.57. The van der Waals surface area contributed by atoms with Gasteiger partial charge in [-0.05, 0) is 24.3 Å². The first kappa shape index (κ1) is 13.9. The minimum Gasteiger partial charge on any atom is -0.482 e. The Morgan fingerprint density at radius 3 is 2.40 bits per heavy atom. The van der Waals surface area contributed by atoms with E-state index in [2.05, 4.69) is 0 Å². The van der Waals surface area contributed by atoms with Crippen LogP contribution in [0, 0.1) is 27.6 Å². The summed E-state index contributed by atoms with van der Waals surface area (Å²) < 4.78 is 44.4. The Morgan fingerprint density at radius 1 is 1.05 bits per heavy atom. The van der Waals surface area contributed by atoms with E-state index in [-0.39, 0.29) is 11.3 Å². The maximum absolute atomic E-state index is 13.4. The van der Waals surface area contributed by atoms with E-state index < -0.39 is 34.7 Å². The van der Waals surface area contributed by atoms with Gasteiger partial charge < -0.3 is 4.74 Å². The number of halogens is 3. The van der Waals surface area contributed by atoms with Crippen molar-refractivity contribution in [3.63, 3.8) is 0 Å². The molecule has 0 fully saturated rings. The monoisotopic (exact) mass is 283 g/mol. The molecule has 0 N–H and O–H groups in total. The van der Waals surface area contributed by atoms with Gasteiger partial charge in [-0.2, -0.15) is 0 Å². The van der Waals surface area contributed by atoms with Crippen LogP contribution >= 0.6 is 0 Å². The summed E-state index contributed by atoms with van der Waals surface area (Å²) in [5.41, 5.74) is -0.577. The molecule has 0 aliphatic rings. The third-order valence-electron chi connectivity index (χ3n) is 2.51. The highest BCUT2D eigenvalue weighted by atomic mass is 19.1. The molecule has 0 aromatic heterocycles. The molecule has 0 saturated carbocycles. The van der Waals surface area contributed by atoms with Gasteiger partial charge in [-0.3, -0.25) is 10.1 Å². The molecule has 0 radical (unpaired) electrons. The van der Waals surface area contributed by atoms with Crippen LogP contribution in [0.25, 0.3) is 0 Å². The fraction of sp³-hybridized carbons (Fsp3) is 0.0769. The van der Waals surface area contributed by atoms with Gasteiger partial charge in [-0.15, -0.1) is 0 Å². The molecule has 0 spiro atoms. The van der Waals surface area contributed by atoms with Crippen molar-refractivity contribution in [3.05, 3.63) is 69.5 Å².